The molecule has 0 saturated carbocycles. The van der Waals surface area contributed by atoms with Crippen LogP contribution < -0.4 is 10.6 Å². The number of pyridine rings is 1. The lowest BCUT2D eigenvalue weighted by Gasteiger charge is -2.17. The fourth-order valence-corrected chi connectivity index (χ4v) is 2.53. The second-order valence-electron chi connectivity index (χ2n) is 5.48. The molecule has 0 radical (unpaired) electrons. The Hall–Kier alpha value is -2.10. The molecule has 4 heteroatoms. The van der Waals surface area contributed by atoms with E-state index in [-0.39, 0.29) is 0 Å². The highest BCUT2D eigenvalue weighted by molar-refractivity contribution is 5.83. The number of nitrogens with one attached hydrogen (secondary N) is 2. The molecule has 0 spiro atoms. The van der Waals surface area contributed by atoms with E-state index in [0.717, 1.165) is 24.6 Å². The molecule has 22 heavy (non-hydrogen) atoms. The Balaban J connectivity index is 1.98. The molecular formula is C18H26N4. The zero-order chi connectivity index (χ0) is 15.8. The average molecular weight is 298 g/mol. The Bertz CT molecular complexity index is 612. The van der Waals surface area contributed by atoms with Gasteiger partial charge in [-0.15, -0.1) is 0 Å². The molecule has 0 amide bonds. The van der Waals surface area contributed by atoms with Crippen molar-refractivity contribution in [2.24, 2.45) is 10.9 Å². The van der Waals surface area contributed by atoms with E-state index in [0.29, 0.717) is 5.92 Å². The summed E-state index contributed by atoms with van der Waals surface area (Å²) >= 11 is 0. The fraction of sp³-hybridized carbons (Fsp3) is 0.444. The van der Waals surface area contributed by atoms with Gasteiger partial charge in [-0.3, -0.25) is 9.98 Å². The fourth-order valence-electron chi connectivity index (χ4n) is 2.53. The third-order valence-corrected chi connectivity index (χ3v) is 4.12. The third-order valence-electron chi connectivity index (χ3n) is 4.12. The first-order chi connectivity index (χ1) is 10.8. The summed E-state index contributed by atoms with van der Waals surface area (Å²) in [6, 6.07) is 10.3. The zero-order valence-corrected chi connectivity index (χ0v) is 13.8. The van der Waals surface area contributed by atoms with E-state index in [2.05, 4.69) is 46.6 Å². The number of para-hydroxylation sites is 1. The van der Waals surface area contributed by atoms with Crippen LogP contribution in [0.15, 0.2) is 41.5 Å². The highest BCUT2D eigenvalue weighted by Gasteiger charge is 2.06. The van der Waals surface area contributed by atoms with Gasteiger partial charge in [0.05, 0.1) is 5.52 Å². The molecule has 1 aromatic heterocycles. The predicted octanol–water partition coefficient (Wildman–Crippen LogP) is 3.34. The number of nitrogens with zero attached hydrogens (tertiary/aromatic N) is 2. The van der Waals surface area contributed by atoms with Crippen LogP contribution in [0.1, 0.15) is 32.3 Å². The van der Waals surface area contributed by atoms with Crippen molar-refractivity contribution in [2.75, 3.05) is 13.6 Å². The van der Waals surface area contributed by atoms with E-state index in [9.17, 15) is 0 Å². The number of aromatic nitrogens is 1. The van der Waals surface area contributed by atoms with Gasteiger partial charge in [0.25, 0.3) is 0 Å². The summed E-state index contributed by atoms with van der Waals surface area (Å²) in [4.78, 5) is 8.70. The number of fused-ring (bicyclic) bond motifs is 1. The standard InChI is InChI=1S/C18H26N4/c1-4-14(5-2)12-21-18(19-3)22-13-15-10-11-20-17-9-7-6-8-16(15)17/h6-11,14H,4-5,12-13H2,1-3H3,(H2,19,21,22). The van der Waals surface area contributed by atoms with Gasteiger partial charge in [0.2, 0.25) is 0 Å². The second-order valence-corrected chi connectivity index (χ2v) is 5.48. The average Bonchev–Trinajstić information content (AvgIpc) is 2.58. The number of hydrogen-bond donors (Lipinski definition) is 2. The summed E-state index contributed by atoms with van der Waals surface area (Å²) in [6.07, 6.45) is 4.24. The third kappa shape index (κ3) is 4.20. The van der Waals surface area contributed by atoms with Crippen LogP contribution in [-0.4, -0.2) is 24.5 Å². The molecule has 0 atom stereocenters. The van der Waals surface area contributed by atoms with Crippen LogP contribution in [0.25, 0.3) is 10.9 Å². The molecule has 0 aliphatic rings. The molecule has 0 unspecified atom stereocenters. The Morgan fingerprint density at radius 3 is 2.64 bits per heavy atom. The van der Waals surface area contributed by atoms with Crippen molar-refractivity contribution in [2.45, 2.75) is 33.2 Å². The molecule has 2 rings (SSSR count). The van der Waals surface area contributed by atoms with Gasteiger partial charge >= 0.3 is 0 Å². The van der Waals surface area contributed by atoms with E-state index < -0.39 is 0 Å². The molecule has 118 valence electrons. The van der Waals surface area contributed by atoms with Crippen molar-refractivity contribution in [3.05, 3.63) is 42.1 Å². The molecule has 1 heterocycles. The topological polar surface area (TPSA) is 49.3 Å². The maximum absolute atomic E-state index is 4.40. The summed E-state index contributed by atoms with van der Waals surface area (Å²) in [5.74, 6) is 1.55. The van der Waals surface area contributed by atoms with Gasteiger partial charge in [0.15, 0.2) is 5.96 Å². The van der Waals surface area contributed by atoms with Gasteiger partial charge in [0.1, 0.15) is 0 Å². The number of hydrogen-bond acceptors (Lipinski definition) is 2. The van der Waals surface area contributed by atoms with Crippen LogP contribution in [0.4, 0.5) is 0 Å². The number of guanidine groups is 1. The lowest BCUT2D eigenvalue weighted by molar-refractivity contribution is 0.481. The molecule has 0 fully saturated rings. The number of aliphatic imine (C=N–C) groups is 1. The smallest absolute Gasteiger partial charge is 0.191 e. The van der Waals surface area contributed by atoms with Gasteiger partial charge in [-0.1, -0.05) is 44.9 Å². The lowest BCUT2D eigenvalue weighted by atomic mass is 10.0. The Morgan fingerprint density at radius 1 is 1.14 bits per heavy atom. The first kappa shape index (κ1) is 16.3. The summed E-state index contributed by atoms with van der Waals surface area (Å²) in [5.41, 5.74) is 2.26. The van der Waals surface area contributed by atoms with Gasteiger partial charge in [-0.25, -0.2) is 0 Å². The summed E-state index contributed by atoms with van der Waals surface area (Å²) in [6.45, 7) is 6.17. The maximum Gasteiger partial charge on any atom is 0.191 e. The zero-order valence-electron chi connectivity index (χ0n) is 13.8. The van der Waals surface area contributed by atoms with Crippen LogP contribution in [-0.2, 0) is 6.54 Å². The molecule has 4 nitrogen and oxygen atoms in total. The van der Waals surface area contributed by atoms with Crippen LogP contribution in [0, 0.1) is 5.92 Å². The Kier molecular flexibility index (Phi) is 6.19. The van der Waals surface area contributed by atoms with E-state index >= 15 is 0 Å². The van der Waals surface area contributed by atoms with Gasteiger partial charge in [0, 0.05) is 31.7 Å². The minimum atomic E-state index is 0.695. The van der Waals surface area contributed by atoms with E-state index in [1.807, 2.05) is 31.4 Å². The molecule has 0 saturated heterocycles. The van der Waals surface area contributed by atoms with Crippen molar-refractivity contribution in [1.29, 1.82) is 0 Å². The van der Waals surface area contributed by atoms with Gasteiger partial charge in [-0.2, -0.15) is 0 Å². The molecule has 0 bridgehead atoms. The molecule has 0 aliphatic carbocycles. The first-order valence-electron chi connectivity index (χ1n) is 8.05. The minimum Gasteiger partial charge on any atom is -0.356 e. The second kappa shape index (κ2) is 8.37. The van der Waals surface area contributed by atoms with Crippen molar-refractivity contribution < 1.29 is 0 Å². The monoisotopic (exact) mass is 298 g/mol. The maximum atomic E-state index is 4.40. The van der Waals surface area contributed by atoms with Crippen molar-refractivity contribution in [3.8, 4) is 0 Å². The van der Waals surface area contributed by atoms with Crippen LogP contribution in [0.5, 0.6) is 0 Å². The van der Waals surface area contributed by atoms with E-state index in [1.165, 1.54) is 23.8 Å². The summed E-state index contributed by atoms with van der Waals surface area (Å²) < 4.78 is 0. The minimum absolute atomic E-state index is 0.695. The first-order valence-corrected chi connectivity index (χ1v) is 8.05. The Labute approximate surface area is 133 Å². The largest absolute Gasteiger partial charge is 0.356 e. The van der Waals surface area contributed by atoms with Gasteiger partial charge in [-0.05, 0) is 23.6 Å². The number of benzene rings is 1. The highest BCUT2D eigenvalue weighted by atomic mass is 15.2. The summed E-state index contributed by atoms with van der Waals surface area (Å²) in [5, 5.41) is 7.99. The summed E-state index contributed by atoms with van der Waals surface area (Å²) in [7, 11) is 1.81. The predicted molar refractivity (Wildman–Crippen MR) is 94.0 cm³/mol. The van der Waals surface area contributed by atoms with Crippen molar-refractivity contribution >= 4 is 16.9 Å². The SMILES string of the molecule is CCC(CC)CNC(=NC)NCc1ccnc2ccccc12. The van der Waals surface area contributed by atoms with Crippen molar-refractivity contribution in [3.63, 3.8) is 0 Å². The molecule has 1 aromatic carbocycles. The van der Waals surface area contributed by atoms with Crippen LogP contribution >= 0.6 is 0 Å². The quantitative estimate of drug-likeness (QED) is 0.635. The lowest BCUT2D eigenvalue weighted by Crippen LogP contribution is -2.39. The van der Waals surface area contributed by atoms with Crippen molar-refractivity contribution in [1.82, 2.24) is 15.6 Å². The van der Waals surface area contributed by atoms with Crippen LogP contribution in [0.3, 0.4) is 0 Å². The van der Waals surface area contributed by atoms with Crippen LogP contribution in [0.2, 0.25) is 0 Å². The molecule has 0 aliphatic heterocycles. The number of rotatable bonds is 6. The normalized spacial score (nSPS) is 11.9. The molecule has 2 aromatic rings. The Morgan fingerprint density at radius 2 is 1.91 bits per heavy atom. The van der Waals surface area contributed by atoms with E-state index in [4.69, 9.17) is 0 Å². The van der Waals surface area contributed by atoms with Gasteiger partial charge < -0.3 is 10.6 Å². The van der Waals surface area contributed by atoms with E-state index in [1.54, 1.807) is 0 Å². The molecular weight excluding hydrogens is 272 g/mol. The highest BCUT2D eigenvalue weighted by Crippen LogP contribution is 2.15. The molecule has 2 N–H and O–H groups in total.